The molecule has 0 radical (unpaired) electrons. The van der Waals surface area contributed by atoms with Gasteiger partial charge in [0.2, 0.25) is 0 Å². The van der Waals surface area contributed by atoms with Crippen molar-refractivity contribution in [3.05, 3.63) is 64.7 Å². The Morgan fingerprint density at radius 3 is 2.13 bits per heavy atom. The van der Waals surface area contributed by atoms with Crippen LogP contribution in [-0.2, 0) is 16.6 Å². The van der Waals surface area contributed by atoms with Gasteiger partial charge in [-0.15, -0.1) is 0 Å². The van der Waals surface area contributed by atoms with Crippen LogP contribution >= 0.6 is 11.6 Å². The second-order valence-electron chi connectivity index (χ2n) is 6.55. The minimum absolute atomic E-state index is 0.0496. The lowest BCUT2D eigenvalue weighted by molar-refractivity contribution is -0.145. The molecular weight excluding hydrogens is 312 g/mol. The molecule has 0 bridgehead atoms. The number of hydrogen-bond acceptors (Lipinski definition) is 2. The molecule has 0 aromatic heterocycles. The van der Waals surface area contributed by atoms with Gasteiger partial charge in [0.15, 0.2) is 6.10 Å². The van der Waals surface area contributed by atoms with Crippen LogP contribution in [0.25, 0.3) is 0 Å². The quantitative estimate of drug-likeness (QED) is 0.862. The van der Waals surface area contributed by atoms with Crippen LogP contribution < -0.4 is 4.74 Å². The molecule has 0 aliphatic rings. The third kappa shape index (κ3) is 5.00. The summed E-state index contributed by atoms with van der Waals surface area (Å²) >= 11 is 5.84. The topological polar surface area (TPSA) is 46.5 Å². The lowest BCUT2D eigenvalue weighted by Gasteiger charge is -2.20. The lowest BCUT2D eigenvalue weighted by Crippen LogP contribution is -2.29. The van der Waals surface area contributed by atoms with Crippen molar-refractivity contribution < 1.29 is 14.6 Å². The summed E-state index contributed by atoms with van der Waals surface area (Å²) in [6.45, 7) is 6.39. The molecule has 0 amide bonds. The first-order valence-corrected chi connectivity index (χ1v) is 7.88. The summed E-state index contributed by atoms with van der Waals surface area (Å²) in [6, 6.07) is 14.7. The molecule has 0 fully saturated rings. The zero-order chi connectivity index (χ0) is 17.0. The van der Waals surface area contributed by atoms with Crippen molar-refractivity contribution >= 4 is 17.6 Å². The van der Waals surface area contributed by atoms with E-state index < -0.39 is 12.1 Å². The van der Waals surface area contributed by atoms with E-state index in [0.717, 1.165) is 5.56 Å². The molecule has 0 spiro atoms. The second kappa shape index (κ2) is 7.05. The minimum atomic E-state index is -0.986. The van der Waals surface area contributed by atoms with Crippen LogP contribution in [0, 0.1) is 0 Å². The third-order valence-electron chi connectivity index (χ3n) is 3.61. The van der Waals surface area contributed by atoms with Gasteiger partial charge in [0.1, 0.15) is 5.75 Å². The first kappa shape index (κ1) is 17.4. The standard InChI is InChI=1S/C19H21ClO3/c1-19(2,3)14-6-10-16(11-7-14)23-17(18(21)22)12-13-4-8-15(20)9-5-13/h4-11,17H,12H2,1-3H3,(H,21,22)/t17-/m0/s1. The maximum Gasteiger partial charge on any atom is 0.345 e. The van der Waals surface area contributed by atoms with E-state index >= 15 is 0 Å². The summed E-state index contributed by atoms with van der Waals surface area (Å²) in [7, 11) is 0. The number of carbonyl (C=O) groups is 1. The van der Waals surface area contributed by atoms with Crippen molar-refractivity contribution in [2.75, 3.05) is 0 Å². The summed E-state index contributed by atoms with van der Waals surface area (Å²) in [4.78, 5) is 11.5. The number of aliphatic carboxylic acids is 1. The summed E-state index contributed by atoms with van der Waals surface area (Å²) in [5, 5.41) is 10.0. The Bertz CT molecular complexity index is 655. The van der Waals surface area contributed by atoms with E-state index in [1.54, 1.807) is 12.1 Å². The number of ether oxygens (including phenoxy) is 1. The maximum atomic E-state index is 11.5. The van der Waals surface area contributed by atoms with E-state index in [1.807, 2.05) is 36.4 Å². The number of halogens is 1. The van der Waals surface area contributed by atoms with Crippen molar-refractivity contribution in [1.82, 2.24) is 0 Å². The van der Waals surface area contributed by atoms with Crippen LogP contribution in [0.15, 0.2) is 48.5 Å². The number of rotatable bonds is 5. The van der Waals surface area contributed by atoms with Gasteiger partial charge < -0.3 is 9.84 Å². The zero-order valence-electron chi connectivity index (χ0n) is 13.5. The van der Waals surface area contributed by atoms with Gasteiger partial charge >= 0.3 is 5.97 Å². The predicted octanol–water partition coefficient (Wildman–Crippen LogP) is 4.71. The lowest BCUT2D eigenvalue weighted by atomic mass is 9.87. The normalized spacial score (nSPS) is 12.7. The van der Waals surface area contributed by atoms with Crippen LogP contribution in [0.1, 0.15) is 31.9 Å². The fourth-order valence-electron chi connectivity index (χ4n) is 2.21. The first-order chi connectivity index (χ1) is 10.8. The average molecular weight is 333 g/mol. The highest BCUT2D eigenvalue weighted by Crippen LogP contribution is 2.25. The number of benzene rings is 2. The van der Waals surface area contributed by atoms with Gasteiger partial charge in [-0.3, -0.25) is 0 Å². The Morgan fingerprint density at radius 2 is 1.65 bits per heavy atom. The molecule has 0 saturated heterocycles. The fourth-order valence-corrected chi connectivity index (χ4v) is 2.34. The van der Waals surface area contributed by atoms with E-state index in [1.165, 1.54) is 5.56 Å². The molecule has 1 N–H and O–H groups in total. The van der Waals surface area contributed by atoms with Crippen LogP contribution in [0.3, 0.4) is 0 Å². The molecule has 2 aromatic rings. The van der Waals surface area contributed by atoms with Crippen LogP contribution in [0.5, 0.6) is 5.75 Å². The Morgan fingerprint density at radius 1 is 1.09 bits per heavy atom. The largest absolute Gasteiger partial charge is 0.478 e. The van der Waals surface area contributed by atoms with Gasteiger partial charge in [-0.2, -0.15) is 0 Å². The molecule has 3 nitrogen and oxygen atoms in total. The van der Waals surface area contributed by atoms with Gasteiger partial charge in [0.25, 0.3) is 0 Å². The molecule has 0 saturated carbocycles. The molecule has 2 rings (SSSR count). The summed E-state index contributed by atoms with van der Waals surface area (Å²) in [6.07, 6.45) is -0.648. The third-order valence-corrected chi connectivity index (χ3v) is 3.86. The SMILES string of the molecule is CC(C)(C)c1ccc(O[C@@H](Cc2ccc(Cl)cc2)C(=O)O)cc1. The highest BCUT2D eigenvalue weighted by molar-refractivity contribution is 6.30. The number of carboxylic acids is 1. The molecule has 4 heteroatoms. The number of carboxylic acid groups (broad SMARTS) is 1. The van der Waals surface area contributed by atoms with Crippen LogP contribution in [0.2, 0.25) is 5.02 Å². The summed E-state index contributed by atoms with van der Waals surface area (Å²) < 4.78 is 5.65. The molecule has 0 heterocycles. The van der Waals surface area contributed by atoms with E-state index in [-0.39, 0.29) is 11.8 Å². The van der Waals surface area contributed by atoms with Gasteiger partial charge in [-0.05, 0) is 40.8 Å². The molecule has 0 aliphatic heterocycles. The summed E-state index contributed by atoms with van der Waals surface area (Å²) in [5.41, 5.74) is 2.09. The second-order valence-corrected chi connectivity index (χ2v) is 6.99. The molecule has 122 valence electrons. The Hall–Kier alpha value is -2.00. The molecule has 0 aliphatic carbocycles. The molecular formula is C19H21ClO3. The van der Waals surface area contributed by atoms with E-state index in [2.05, 4.69) is 20.8 Å². The minimum Gasteiger partial charge on any atom is -0.478 e. The Balaban J connectivity index is 2.10. The first-order valence-electron chi connectivity index (χ1n) is 7.50. The Labute approximate surface area is 141 Å². The molecule has 1 atom stereocenters. The number of hydrogen-bond donors (Lipinski definition) is 1. The molecule has 23 heavy (non-hydrogen) atoms. The van der Waals surface area contributed by atoms with E-state index in [9.17, 15) is 9.90 Å². The molecule has 0 unspecified atom stereocenters. The van der Waals surface area contributed by atoms with E-state index in [4.69, 9.17) is 16.3 Å². The highest BCUT2D eigenvalue weighted by Gasteiger charge is 2.20. The van der Waals surface area contributed by atoms with Gasteiger partial charge in [-0.1, -0.05) is 56.6 Å². The highest BCUT2D eigenvalue weighted by atomic mass is 35.5. The Kier molecular flexibility index (Phi) is 5.32. The van der Waals surface area contributed by atoms with Gasteiger partial charge in [0, 0.05) is 11.4 Å². The smallest absolute Gasteiger partial charge is 0.345 e. The van der Waals surface area contributed by atoms with E-state index in [0.29, 0.717) is 10.8 Å². The van der Waals surface area contributed by atoms with Crippen LogP contribution in [-0.4, -0.2) is 17.2 Å². The van der Waals surface area contributed by atoms with Crippen molar-refractivity contribution in [3.63, 3.8) is 0 Å². The van der Waals surface area contributed by atoms with Crippen LogP contribution in [0.4, 0.5) is 0 Å². The fraction of sp³-hybridized carbons (Fsp3) is 0.316. The average Bonchev–Trinajstić information content (AvgIpc) is 2.48. The van der Waals surface area contributed by atoms with Gasteiger partial charge in [0.05, 0.1) is 0 Å². The summed E-state index contributed by atoms with van der Waals surface area (Å²) in [5.74, 6) is -0.431. The monoisotopic (exact) mass is 332 g/mol. The van der Waals surface area contributed by atoms with Crippen molar-refractivity contribution in [1.29, 1.82) is 0 Å². The van der Waals surface area contributed by atoms with Gasteiger partial charge in [-0.25, -0.2) is 4.79 Å². The molecule has 2 aromatic carbocycles. The van der Waals surface area contributed by atoms with Crippen molar-refractivity contribution in [2.45, 2.75) is 38.7 Å². The zero-order valence-corrected chi connectivity index (χ0v) is 14.3. The van der Waals surface area contributed by atoms with Crippen molar-refractivity contribution in [3.8, 4) is 5.75 Å². The predicted molar refractivity (Wildman–Crippen MR) is 92.3 cm³/mol. The van der Waals surface area contributed by atoms with Crippen molar-refractivity contribution in [2.24, 2.45) is 0 Å². The maximum absolute atomic E-state index is 11.5.